The number of hydrogen-bond acceptors (Lipinski definition) is 3. The molecule has 2 aromatic rings. The lowest BCUT2D eigenvalue weighted by Crippen LogP contribution is -2.49. The number of amides is 1. The van der Waals surface area contributed by atoms with Crippen LogP contribution in [-0.4, -0.2) is 42.1 Å². The number of rotatable bonds is 3. The zero-order valence-electron chi connectivity index (χ0n) is 12.8. The Morgan fingerprint density at radius 2 is 1.57 bits per heavy atom. The Morgan fingerprint density at radius 1 is 0.957 bits per heavy atom. The molecule has 5 heteroatoms. The minimum Gasteiger partial charge on any atom is -0.508 e. The van der Waals surface area contributed by atoms with E-state index in [1.54, 1.807) is 12.1 Å². The van der Waals surface area contributed by atoms with Crippen LogP contribution in [-0.2, 0) is 11.2 Å². The van der Waals surface area contributed by atoms with Gasteiger partial charge in [-0.25, -0.2) is 0 Å². The van der Waals surface area contributed by atoms with E-state index in [-0.39, 0.29) is 11.7 Å². The van der Waals surface area contributed by atoms with Crippen LogP contribution in [0.3, 0.4) is 0 Å². The monoisotopic (exact) mass is 374 g/mol. The summed E-state index contributed by atoms with van der Waals surface area (Å²) in [5, 5.41) is 9.35. The van der Waals surface area contributed by atoms with E-state index in [0.717, 1.165) is 41.9 Å². The topological polar surface area (TPSA) is 43.8 Å². The molecule has 0 aliphatic carbocycles. The maximum Gasteiger partial charge on any atom is 0.227 e. The summed E-state index contributed by atoms with van der Waals surface area (Å²) in [7, 11) is 0. The predicted octanol–water partition coefficient (Wildman–Crippen LogP) is 3.05. The fraction of sp³-hybridized carbons (Fsp3) is 0.278. The Labute approximate surface area is 144 Å². The van der Waals surface area contributed by atoms with Gasteiger partial charge in [-0.1, -0.05) is 28.1 Å². The number of halogens is 1. The number of phenols is 1. The second kappa shape index (κ2) is 7.04. The highest BCUT2D eigenvalue weighted by Crippen LogP contribution is 2.20. The molecule has 120 valence electrons. The van der Waals surface area contributed by atoms with Crippen LogP contribution >= 0.6 is 15.9 Å². The van der Waals surface area contributed by atoms with Crippen LogP contribution in [0.25, 0.3) is 0 Å². The van der Waals surface area contributed by atoms with E-state index >= 15 is 0 Å². The van der Waals surface area contributed by atoms with Gasteiger partial charge in [-0.15, -0.1) is 0 Å². The first kappa shape index (κ1) is 15.9. The van der Waals surface area contributed by atoms with Crippen LogP contribution in [0.4, 0.5) is 5.69 Å². The lowest BCUT2D eigenvalue weighted by atomic mass is 10.1. The smallest absolute Gasteiger partial charge is 0.227 e. The summed E-state index contributed by atoms with van der Waals surface area (Å²) in [5.74, 6) is 0.453. The van der Waals surface area contributed by atoms with Gasteiger partial charge < -0.3 is 14.9 Å². The number of aromatic hydroxyl groups is 1. The van der Waals surface area contributed by atoms with Crippen molar-refractivity contribution < 1.29 is 9.90 Å². The van der Waals surface area contributed by atoms with Crippen molar-refractivity contribution in [3.63, 3.8) is 0 Å². The molecule has 1 heterocycles. The summed E-state index contributed by atoms with van der Waals surface area (Å²) in [4.78, 5) is 16.6. The van der Waals surface area contributed by atoms with Gasteiger partial charge in [0, 0.05) is 36.3 Å². The maximum absolute atomic E-state index is 12.4. The van der Waals surface area contributed by atoms with E-state index in [1.807, 2.05) is 41.3 Å². The third-order valence-electron chi connectivity index (χ3n) is 4.12. The van der Waals surface area contributed by atoms with Gasteiger partial charge in [-0.3, -0.25) is 4.79 Å². The van der Waals surface area contributed by atoms with Crippen molar-refractivity contribution in [2.24, 2.45) is 0 Å². The first-order valence-electron chi connectivity index (χ1n) is 7.68. The van der Waals surface area contributed by atoms with Crippen molar-refractivity contribution in [1.82, 2.24) is 4.90 Å². The van der Waals surface area contributed by atoms with Crippen LogP contribution < -0.4 is 4.90 Å². The summed E-state index contributed by atoms with van der Waals surface area (Å²) >= 11 is 3.40. The van der Waals surface area contributed by atoms with Crippen LogP contribution in [0.2, 0.25) is 0 Å². The van der Waals surface area contributed by atoms with Crippen LogP contribution in [0.5, 0.6) is 5.75 Å². The molecule has 0 unspecified atom stereocenters. The van der Waals surface area contributed by atoms with Crippen molar-refractivity contribution in [1.29, 1.82) is 0 Å². The number of nitrogens with zero attached hydrogens (tertiary/aromatic N) is 2. The van der Waals surface area contributed by atoms with Crippen LogP contribution in [0.15, 0.2) is 53.0 Å². The van der Waals surface area contributed by atoms with Crippen LogP contribution in [0.1, 0.15) is 5.56 Å². The Kier molecular flexibility index (Phi) is 4.86. The van der Waals surface area contributed by atoms with E-state index in [4.69, 9.17) is 0 Å². The fourth-order valence-electron chi connectivity index (χ4n) is 2.77. The summed E-state index contributed by atoms with van der Waals surface area (Å²) in [6.07, 6.45) is 0.451. The van der Waals surface area contributed by atoms with Gasteiger partial charge in [-0.05, 0) is 42.0 Å². The standard InChI is InChI=1S/C18H19BrN2O2/c19-15-3-1-14(2-4-15)13-18(23)21-11-9-20(10-12-21)16-5-7-17(22)8-6-16/h1-8,22H,9-13H2. The van der Waals surface area contributed by atoms with Gasteiger partial charge in [0.25, 0.3) is 0 Å². The van der Waals surface area contributed by atoms with E-state index in [1.165, 1.54) is 0 Å². The number of anilines is 1. The second-order valence-electron chi connectivity index (χ2n) is 5.69. The molecule has 23 heavy (non-hydrogen) atoms. The summed E-state index contributed by atoms with van der Waals surface area (Å²) in [6, 6.07) is 15.1. The van der Waals surface area contributed by atoms with Crippen molar-refractivity contribution >= 4 is 27.5 Å². The number of phenolic OH excluding ortho intramolecular Hbond substituents is 1. The van der Waals surface area contributed by atoms with Gasteiger partial charge in [0.2, 0.25) is 5.91 Å². The summed E-state index contributed by atoms with van der Waals surface area (Å²) < 4.78 is 1.02. The molecule has 1 fully saturated rings. The third-order valence-corrected chi connectivity index (χ3v) is 4.64. The average molecular weight is 375 g/mol. The molecule has 1 amide bonds. The molecule has 0 saturated carbocycles. The van der Waals surface area contributed by atoms with Gasteiger partial charge in [0.1, 0.15) is 5.75 Å². The zero-order valence-corrected chi connectivity index (χ0v) is 14.4. The number of carbonyl (C=O) groups excluding carboxylic acids is 1. The SMILES string of the molecule is O=C(Cc1ccc(Br)cc1)N1CCN(c2ccc(O)cc2)CC1. The molecule has 2 aromatic carbocycles. The Balaban J connectivity index is 1.54. The molecule has 4 nitrogen and oxygen atoms in total. The quantitative estimate of drug-likeness (QED) is 0.897. The molecule has 1 aliphatic rings. The molecular formula is C18H19BrN2O2. The molecule has 0 spiro atoms. The first-order valence-corrected chi connectivity index (χ1v) is 8.47. The minimum absolute atomic E-state index is 0.178. The predicted molar refractivity (Wildman–Crippen MR) is 94.7 cm³/mol. The summed E-state index contributed by atoms with van der Waals surface area (Å²) in [5.41, 5.74) is 2.13. The van der Waals surface area contributed by atoms with Crippen LogP contribution in [0, 0.1) is 0 Å². The molecular weight excluding hydrogens is 356 g/mol. The number of carbonyl (C=O) groups is 1. The molecule has 0 aromatic heterocycles. The van der Waals surface area contributed by atoms with E-state index < -0.39 is 0 Å². The zero-order chi connectivity index (χ0) is 16.2. The Bertz CT molecular complexity index is 662. The molecule has 1 saturated heterocycles. The van der Waals surface area contributed by atoms with Gasteiger partial charge >= 0.3 is 0 Å². The highest BCUT2D eigenvalue weighted by Gasteiger charge is 2.21. The number of piperazine rings is 1. The molecule has 1 N–H and O–H groups in total. The van der Waals surface area contributed by atoms with Gasteiger partial charge in [0.05, 0.1) is 6.42 Å². The normalized spacial score (nSPS) is 14.8. The number of hydrogen-bond donors (Lipinski definition) is 1. The highest BCUT2D eigenvalue weighted by molar-refractivity contribution is 9.10. The average Bonchev–Trinajstić information content (AvgIpc) is 2.58. The second-order valence-corrected chi connectivity index (χ2v) is 6.60. The largest absolute Gasteiger partial charge is 0.508 e. The van der Waals surface area contributed by atoms with Crippen molar-refractivity contribution in [3.05, 3.63) is 58.6 Å². The highest BCUT2D eigenvalue weighted by atomic mass is 79.9. The minimum atomic E-state index is 0.178. The fourth-order valence-corrected chi connectivity index (χ4v) is 3.03. The van der Waals surface area contributed by atoms with Crippen molar-refractivity contribution in [2.75, 3.05) is 31.1 Å². The molecule has 0 radical (unpaired) electrons. The maximum atomic E-state index is 12.4. The van der Waals surface area contributed by atoms with Crippen molar-refractivity contribution in [2.45, 2.75) is 6.42 Å². The van der Waals surface area contributed by atoms with E-state index in [2.05, 4.69) is 20.8 Å². The first-order chi connectivity index (χ1) is 11.1. The lowest BCUT2D eigenvalue weighted by Gasteiger charge is -2.36. The van der Waals surface area contributed by atoms with Gasteiger partial charge in [0.15, 0.2) is 0 Å². The molecule has 0 atom stereocenters. The van der Waals surface area contributed by atoms with Gasteiger partial charge in [-0.2, -0.15) is 0 Å². The molecule has 1 aliphatic heterocycles. The van der Waals surface area contributed by atoms with E-state index in [0.29, 0.717) is 6.42 Å². The lowest BCUT2D eigenvalue weighted by molar-refractivity contribution is -0.130. The number of benzene rings is 2. The van der Waals surface area contributed by atoms with E-state index in [9.17, 15) is 9.90 Å². The Morgan fingerprint density at radius 3 is 2.17 bits per heavy atom. The summed E-state index contributed by atoms with van der Waals surface area (Å²) in [6.45, 7) is 3.10. The molecule has 0 bridgehead atoms. The van der Waals surface area contributed by atoms with Crippen molar-refractivity contribution in [3.8, 4) is 5.75 Å². The Hall–Kier alpha value is -2.01. The molecule has 3 rings (SSSR count). The third kappa shape index (κ3) is 4.05.